The Bertz CT molecular complexity index is 1120. The smallest absolute Gasteiger partial charge is 0.416 e. The maximum atomic E-state index is 12.9. The number of amides is 1. The zero-order chi connectivity index (χ0) is 24.8. The van der Waals surface area contributed by atoms with Crippen molar-refractivity contribution in [2.24, 2.45) is 0 Å². The number of halogens is 3. The van der Waals surface area contributed by atoms with Gasteiger partial charge in [-0.2, -0.15) is 13.2 Å². The van der Waals surface area contributed by atoms with Crippen molar-refractivity contribution < 1.29 is 27.1 Å². The van der Waals surface area contributed by atoms with Gasteiger partial charge in [0.1, 0.15) is 12.0 Å². The molecule has 0 spiro atoms. The van der Waals surface area contributed by atoms with Crippen LogP contribution in [0, 0.1) is 0 Å². The van der Waals surface area contributed by atoms with Crippen LogP contribution in [-0.4, -0.2) is 54.0 Å². The molecule has 1 N–H and O–H groups in total. The molecule has 2 aromatic carbocycles. The molecule has 1 aliphatic heterocycles. The number of methoxy groups -OCH3 is 1. The molecule has 1 fully saturated rings. The van der Waals surface area contributed by atoms with Gasteiger partial charge < -0.3 is 14.5 Å². The average Bonchev–Trinajstić information content (AvgIpc) is 3.32. The first-order chi connectivity index (χ1) is 16.8. The molecule has 1 saturated heterocycles. The molecule has 0 unspecified atom stereocenters. The van der Waals surface area contributed by atoms with Gasteiger partial charge in [-0.05, 0) is 35.4 Å². The molecule has 1 amide bonds. The van der Waals surface area contributed by atoms with Crippen LogP contribution in [0.1, 0.15) is 33.1 Å². The lowest BCUT2D eigenvalue weighted by Crippen LogP contribution is -2.45. The molecule has 1 aliphatic rings. The van der Waals surface area contributed by atoms with Crippen molar-refractivity contribution in [3.8, 4) is 5.75 Å². The molecular weight excluding hydrogens is 461 g/mol. The fourth-order valence-electron chi connectivity index (χ4n) is 3.90. The molecule has 3 aromatic rings. The highest BCUT2D eigenvalue weighted by atomic mass is 19.4. The van der Waals surface area contributed by atoms with E-state index in [4.69, 9.17) is 9.15 Å². The monoisotopic (exact) mass is 488 g/mol. The number of hydrogen-bond donors (Lipinski definition) is 1. The number of carbonyl (C=O) groups is 1. The van der Waals surface area contributed by atoms with E-state index in [1.165, 1.54) is 24.0 Å². The number of oxazole rings is 1. The lowest BCUT2D eigenvalue weighted by Gasteiger charge is -2.34. The summed E-state index contributed by atoms with van der Waals surface area (Å²) >= 11 is 0. The van der Waals surface area contributed by atoms with E-state index in [0.717, 1.165) is 50.6 Å². The van der Waals surface area contributed by atoms with Crippen molar-refractivity contribution in [1.29, 1.82) is 0 Å². The summed E-state index contributed by atoms with van der Waals surface area (Å²) in [6, 6.07) is 12.9. The third kappa shape index (κ3) is 6.83. The van der Waals surface area contributed by atoms with Crippen LogP contribution in [0.25, 0.3) is 0 Å². The number of piperazine rings is 1. The zero-order valence-electron chi connectivity index (χ0n) is 19.3. The summed E-state index contributed by atoms with van der Waals surface area (Å²) in [5.74, 6) is 0.771. The third-order valence-corrected chi connectivity index (χ3v) is 5.88. The summed E-state index contributed by atoms with van der Waals surface area (Å²) in [6.45, 7) is 4.80. The number of hydrogen-bond acceptors (Lipinski definition) is 6. The van der Waals surface area contributed by atoms with Gasteiger partial charge in [-0.15, -0.1) is 0 Å². The molecule has 2 heterocycles. The fraction of sp³-hybridized carbons (Fsp3) is 0.360. The van der Waals surface area contributed by atoms with Crippen LogP contribution in [0.4, 0.5) is 13.2 Å². The van der Waals surface area contributed by atoms with E-state index >= 15 is 0 Å². The SMILES string of the molecule is COc1ccc(CN2CCN(Cc3nc(C(=O)NCc4cccc(C(F)(F)F)c4)co3)CC2)cc1. The summed E-state index contributed by atoms with van der Waals surface area (Å²) < 4.78 is 49.2. The Morgan fingerprint density at radius 1 is 1.03 bits per heavy atom. The fourth-order valence-corrected chi connectivity index (χ4v) is 3.90. The molecule has 10 heteroatoms. The van der Waals surface area contributed by atoms with Crippen LogP contribution in [0.15, 0.2) is 59.2 Å². The Balaban J connectivity index is 1.23. The van der Waals surface area contributed by atoms with Crippen LogP contribution in [0.3, 0.4) is 0 Å². The minimum Gasteiger partial charge on any atom is -0.497 e. The Morgan fingerprint density at radius 2 is 1.71 bits per heavy atom. The number of benzene rings is 2. The average molecular weight is 489 g/mol. The largest absolute Gasteiger partial charge is 0.497 e. The molecule has 1 aromatic heterocycles. The Morgan fingerprint density at radius 3 is 2.37 bits per heavy atom. The van der Waals surface area contributed by atoms with Crippen LogP contribution in [0.5, 0.6) is 5.75 Å². The number of carbonyl (C=O) groups excluding carboxylic acids is 1. The predicted octanol–water partition coefficient (Wildman–Crippen LogP) is 3.95. The maximum Gasteiger partial charge on any atom is 0.416 e. The van der Waals surface area contributed by atoms with Crippen LogP contribution < -0.4 is 10.1 Å². The normalized spacial score (nSPS) is 15.2. The summed E-state index contributed by atoms with van der Waals surface area (Å²) in [7, 11) is 1.65. The maximum absolute atomic E-state index is 12.9. The number of nitrogens with one attached hydrogen (secondary N) is 1. The topological polar surface area (TPSA) is 70.8 Å². The van der Waals surface area contributed by atoms with E-state index in [1.807, 2.05) is 12.1 Å². The van der Waals surface area contributed by atoms with Crippen LogP contribution in [0.2, 0.25) is 0 Å². The van der Waals surface area contributed by atoms with Crippen LogP contribution in [-0.2, 0) is 25.8 Å². The van der Waals surface area contributed by atoms with Crippen molar-refractivity contribution in [2.75, 3.05) is 33.3 Å². The van der Waals surface area contributed by atoms with Gasteiger partial charge in [0.2, 0.25) is 5.89 Å². The molecule has 0 radical (unpaired) electrons. The number of rotatable bonds is 8. The second kappa shape index (κ2) is 10.9. The summed E-state index contributed by atoms with van der Waals surface area (Å²) in [6.07, 6.45) is -3.15. The van der Waals surface area contributed by atoms with E-state index < -0.39 is 17.6 Å². The van der Waals surface area contributed by atoms with Crippen molar-refractivity contribution in [3.63, 3.8) is 0 Å². The summed E-state index contributed by atoms with van der Waals surface area (Å²) in [5, 5.41) is 2.59. The minimum absolute atomic E-state index is 0.0406. The first-order valence-corrected chi connectivity index (χ1v) is 11.3. The highest BCUT2D eigenvalue weighted by molar-refractivity contribution is 5.91. The zero-order valence-corrected chi connectivity index (χ0v) is 19.3. The van der Waals surface area contributed by atoms with Crippen molar-refractivity contribution in [1.82, 2.24) is 20.1 Å². The number of ether oxygens (including phenoxy) is 1. The second-order valence-electron chi connectivity index (χ2n) is 8.41. The Hall–Kier alpha value is -3.37. The second-order valence-corrected chi connectivity index (χ2v) is 8.41. The van der Waals surface area contributed by atoms with Gasteiger partial charge >= 0.3 is 6.18 Å². The van der Waals surface area contributed by atoms with Gasteiger partial charge in [-0.25, -0.2) is 4.98 Å². The molecule has 35 heavy (non-hydrogen) atoms. The number of nitrogens with zero attached hydrogens (tertiary/aromatic N) is 3. The quantitative estimate of drug-likeness (QED) is 0.518. The van der Waals surface area contributed by atoms with E-state index in [2.05, 4.69) is 32.2 Å². The molecule has 186 valence electrons. The predicted molar refractivity (Wildman–Crippen MR) is 123 cm³/mol. The Kier molecular flexibility index (Phi) is 7.72. The van der Waals surface area contributed by atoms with Gasteiger partial charge in [0, 0.05) is 39.3 Å². The molecule has 0 aliphatic carbocycles. The summed E-state index contributed by atoms with van der Waals surface area (Å²) in [5.41, 5.74) is 0.930. The summed E-state index contributed by atoms with van der Waals surface area (Å²) in [4.78, 5) is 21.2. The molecule has 7 nitrogen and oxygen atoms in total. The lowest BCUT2D eigenvalue weighted by molar-refractivity contribution is -0.137. The highest BCUT2D eigenvalue weighted by Gasteiger charge is 2.30. The van der Waals surface area contributed by atoms with Crippen molar-refractivity contribution >= 4 is 5.91 Å². The van der Waals surface area contributed by atoms with Gasteiger partial charge in [0.15, 0.2) is 5.69 Å². The molecule has 4 rings (SSSR count). The molecule has 0 bridgehead atoms. The van der Waals surface area contributed by atoms with Gasteiger partial charge in [-0.1, -0.05) is 24.3 Å². The van der Waals surface area contributed by atoms with E-state index in [1.54, 1.807) is 7.11 Å². The first kappa shape index (κ1) is 24.7. The van der Waals surface area contributed by atoms with E-state index in [9.17, 15) is 18.0 Å². The van der Waals surface area contributed by atoms with E-state index in [-0.39, 0.29) is 12.2 Å². The van der Waals surface area contributed by atoms with Gasteiger partial charge in [0.25, 0.3) is 5.91 Å². The molecule has 0 saturated carbocycles. The molecular formula is C25H27F3N4O3. The van der Waals surface area contributed by atoms with Gasteiger partial charge in [-0.3, -0.25) is 14.6 Å². The van der Waals surface area contributed by atoms with Gasteiger partial charge in [0.05, 0.1) is 19.2 Å². The van der Waals surface area contributed by atoms with E-state index in [0.29, 0.717) is 18.0 Å². The van der Waals surface area contributed by atoms with Crippen molar-refractivity contribution in [3.05, 3.63) is 83.1 Å². The lowest BCUT2D eigenvalue weighted by atomic mass is 10.1. The highest BCUT2D eigenvalue weighted by Crippen LogP contribution is 2.29. The Labute approximate surface area is 201 Å². The third-order valence-electron chi connectivity index (χ3n) is 5.88. The minimum atomic E-state index is -4.43. The molecule has 0 atom stereocenters. The number of alkyl halides is 3. The standard InChI is InChI=1S/C25H27F3N4O3/c1-34-21-7-5-18(6-8-21)15-31-9-11-32(12-10-31)16-23-30-22(17-35-23)24(33)29-14-19-3-2-4-20(13-19)25(26,27)28/h2-8,13,17H,9-12,14-16H2,1H3,(H,29,33). The van der Waals surface area contributed by atoms with Crippen molar-refractivity contribution in [2.45, 2.75) is 25.8 Å². The first-order valence-electron chi connectivity index (χ1n) is 11.3. The number of aromatic nitrogens is 1. The van der Waals surface area contributed by atoms with Crippen LogP contribution >= 0.6 is 0 Å².